The highest BCUT2D eigenvalue weighted by Gasteiger charge is 2.30. The Labute approximate surface area is 122 Å². The number of nitriles is 1. The fourth-order valence-corrected chi connectivity index (χ4v) is 3.11. The van der Waals surface area contributed by atoms with Crippen molar-refractivity contribution in [1.82, 2.24) is 4.90 Å². The van der Waals surface area contributed by atoms with Crippen molar-refractivity contribution in [2.75, 3.05) is 13.1 Å². The molecule has 3 atom stereocenters. The molecule has 0 bridgehead atoms. The third-order valence-corrected chi connectivity index (χ3v) is 4.56. The van der Waals surface area contributed by atoms with Crippen LogP contribution in [0, 0.1) is 17.2 Å². The Morgan fingerprint density at radius 1 is 1.35 bits per heavy atom. The van der Waals surface area contributed by atoms with Gasteiger partial charge in [-0.2, -0.15) is 5.26 Å². The molecule has 0 radical (unpaired) electrons. The van der Waals surface area contributed by atoms with Gasteiger partial charge in [0.2, 0.25) is 0 Å². The maximum Gasteiger partial charge on any atom is 0.131 e. The lowest BCUT2D eigenvalue weighted by molar-refractivity contribution is 0.122. The lowest BCUT2D eigenvalue weighted by atomic mass is 9.87. The van der Waals surface area contributed by atoms with Crippen LogP contribution in [0.15, 0.2) is 30.3 Å². The van der Waals surface area contributed by atoms with Gasteiger partial charge < -0.3 is 10.6 Å². The molecule has 1 aromatic rings. The van der Waals surface area contributed by atoms with E-state index in [4.69, 9.17) is 5.73 Å². The topological polar surface area (TPSA) is 53.0 Å². The molecule has 1 fully saturated rings. The molecule has 1 heterocycles. The molecule has 3 nitrogen and oxygen atoms in total. The lowest BCUT2D eigenvalue weighted by Gasteiger charge is -2.37. The number of likely N-dealkylation sites (tertiary alicyclic amines) is 1. The fourth-order valence-electron chi connectivity index (χ4n) is 3.11. The molecule has 0 aromatic heterocycles. The molecule has 1 aliphatic heterocycles. The van der Waals surface area contributed by atoms with Crippen molar-refractivity contribution in [2.24, 2.45) is 11.7 Å². The predicted molar refractivity (Wildman–Crippen MR) is 82.0 cm³/mol. The summed E-state index contributed by atoms with van der Waals surface area (Å²) in [7, 11) is 0. The zero-order valence-electron chi connectivity index (χ0n) is 12.5. The van der Waals surface area contributed by atoms with Crippen LogP contribution in [0.4, 0.5) is 0 Å². The first kappa shape index (κ1) is 15.0. The second-order valence-corrected chi connectivity index (χ2v) is 6.21. The van der Waals surface area contributed by atoms with Crippen LogP contribution in [-0.2, 0) is 5.54 Å². The van der Waals surface area contributed by atoms with Gasteiger partial charge >= 0.3 is 0 Å². The highest BCUT2D eigenvalue weighted by molar-refractivity contribution is 5.30. The number of piperidine rings is 1. The monoisotopic (exact) mass is 271 g/mol. The largest absolute Gasteiger partial charge is 0.310 e. The molecule has 108 valence electrons. The third kappa shape index (κ3) is 3.39. The summed E-state index contributed by atoms with van der Waals surface area (Å²) in [6, 6.07) is 12.6. The molecule has 0 saturated carbocycles. The maximum atomic E-state index is 9.48. The van der Waals surface area contributed by atoms with Gasteiger partial charge in [-0.05, 0) is 44.2 Å². The molecule has 1 aromatic carbocycles. The minimum absolute atomic E-state index is 0.595. The van der Waals surface area contributed by atoms with E-state index in [2.05, 4.69) is 24.8 Å². The Morgan fingerprint density at radius 3 is 2.65 bits per heavy atom. The van der Waals surface area contributed by atoms with Crippen molar-refractivity contribution >= 4 is 0 Å². The smallest absolute Gasteiger partial charge is 0.131 e. The molecule has 2 N–H and O–H groups in total. The summed E-state index contributed by atoms with van der Waals surface area (Å²) in [5.41, 5.74) is 6.37. The summed E-state index contributed by atoms with van der Waals surface area (Å²) in [5.74, 6) is 0.814. The van der Waals surface area contributed by atoms with Gasteiger partial charge in [0.25, 0.3) is 0 Å². The molecule has 1 saturated heterocycles. The van der Waals surface area contributed by atoms with Gasteiger partial charge in [0, 0.05) is 12.6 Å². The van der Waals surface area contributed by atoms with Crippen LogP contribution in [0.25, 0.3) is 0 Å². The van der Waals surface area contributed by atoms with E-state index in [1.165, 1.54) is 12.8 Å². The van der Waals surface area contributed by atoms with Crippen molar-refractivity contribution < 1.29 is 0 Å². The van der Waals surface area contributed by atoms with Crippen molar-refractivity contribution in [3.63, 3.8) is 0 Å². The van der Waals surface area contributed by atoms with Crippen LogP contribution in [0.2, 0.25) is 0 Å². The standard InChI is InChI=1S/C17H25N3/c1-14-8-10-20(15(2)12-14)11-9-17(19,13-18)16-6-4-3-5-7-16/h3-7,14-15H,8-12,19H2,1-2H3. The number of nitrogens with two attached hydrogens (primary N) is 1. The molecular formula is C17H25N3. The van der Waals surface area contributed by atoms with Crippen molar-refractivity contribution in [3.05, 3.63) is 35.9 Å². The third-order valence-electron chi connectivity index (χ3n) is 4.56. The van der Waals surface area contributed by atoms with Gasteiger partial charge in [-0.25, -0.2) is 0 Å². The lowest BCUT2D eigenvalue weighted by Crippen LogP contribution is -2.45. The van der Waals surface area contributed by atoms with Crippen molar-refractivity contribution in [2.45, 2.75) is 44.7 Å². The molecule has 0 aliphatic carbocycles. The maximum absolute atomic E-state index is 9.48. The molecular weight excluding hydrogens is 246 g/mol. The van der Waals surface area contributed by atoms with Gasteiger partial charge in [0.1, 0.15) is 5.54 Å². The van der Waals surface area contributed by atoms with Gasteiger partial charge in [-0.15, -0.1) is 0 Å². The van der Waals surface area contributed by atoms with Crippen LogP contribution >= 0.6 is 0 Å². The number of benzene rings is 1. The predicted octanol–water partition coefficient (Wildman–Crippen LogP) is 2.87. The van der Waals surface area contributed by atoms with Gasteiger partial charge in [0.15, 0.2) is 0 Å². The Morgan fingerprint density at radius 2 is 2.05 bits per heavy atom. The van der Waals surface area contributed by atoms with E-state index in [0.29, 0.717) is 12.5 Å². The minimum atomic E-state index is -0.871. The molecule has 0 amide bonds. The first-order chi connectivity index (χ1) is 9.55. The normalized spacial score (nSPS) is 26.7. The van der Waals surface area contributed by atoms with E-state index in [9.17, 15) is 5.26 Å². The van der Waals surface area contributed by atoms with Crippen LogP contribution in [0.1, 0.15) is 38.7 Å². The first-order valence-corrected chi connectivity index (χ1v) is 7.55. The average molecular weight is 271 g/mol. The number of nitrogens with zero attached hydrogens (tertiary/aromatic N) is 2. The van der Waals surface area contributed by atoms with Crippen molar-refractivity contribution in [3.8, 4) is 6.07 Å². The summed E-state index contributed by atoms with van der Waals surface area (Å²) in [6.45, 7) is 6.62. The second-order valence-electron chi connectivity index (χ2n) is 6.21. The van der Waals surface area contributed by atoms with Crippen LogP contribution < -0.4 is 5.73 Å². The molecule has 3 unspecified atom stereocenters. The van der Waals surface area contributed by atoms with Crippen LogP contribution in [0.3, 0.4) is 0 Å². The zero-order chi connectivity index (χ0) is 14.6. The number of hydrogen-bond acceptors (Lipinski definition) is 3. The van der Waals surface area contributed by atoms with E-state index in [0.717, 1.165) is 24.6 Å². The average Bonchev–Trinajstić information content (AvgIpc) is 2.47. The Hall–Kier alpha value is -1.37. The summed E-state index contributed by atoms with van der Waals surface area (Å²) < 4.78 is 0. The van der Waals surface area contributed by atoms with Gasteiger partial charge in [0.05, 0.1) is 6.07 Å². The Balaban J connectivity index is 2.00. The molecule has 20 heavy (non-hydrogen) atoms. The Bertz CT molecular complexity index is 465. The van der Waals surface area contributed by atoms with E-state index in [1.807, 2.05) is 30.3 Å². The fraction of sp³-hybridized carbons (Fsp3) is 0.588. The van der Waals surface area contributed by atoms with E-state index in [-0.39, 0.29) is 0 Å². The zero-order valence-corrected chi connectivity index (χ0v) is 12.5. The minimum Gasteiger partial charge on any atom is -0.310 e. The van der Waals surface area contributed by atoms with Crippen LogP contribution in [0.5, 0.6) is 0 Å². The van der Waals surface area contributed by atoms with E-state index >= 15 is 0 Å². The molecule has 0 spiro atoms. The summed E-state index contributed by atoms with van der Waals surface area (Å²) in [6.07, 6.45) is 3.18. The second kappa shape index (κ2) is 6.39. The highest BCUT2D eigenvalue weighted by atomic mass is 15.2. The summed E-state index contributed by atoms with van der Waals surface area (Å²) in [5, 5.41) is 9.48. The highest BCUT2D eigenvalue weighted by Crippen LogP contribution is 2.26. The SMILES string of the molecule is CC1CCN(CCC(N)(C#N)c2ccccc2)C(C)C1. The summed E-state index contributed by atoms with van der Waals surface area (Å²) in [4.78, 5) is 2.47. The van der Waals surface area contributed by atoms with Crippen molar-refractivity contribution in [1.29, 1.82) is 5.26 Å². The molecule has 1 aliphatic rings. The van der Waals surface area contributed by atoms with Gasteiger partial charge in [-0.1, -0.05) is 37.3 Å². The number of rotatable bonds is 4. The number of hydrogen-bond donors (Lipinski definition) is 1. The van der Waals surface area contributed by atoms with Crippen LogP contribution in [-0.4, -0.2) is 24.0 Å². The summed E-state index contributed by atoms with van der Waals surface area (Å²) >= 11 is 0. The molecule has 3 heteroatoms. The Kier molecular flexibility index (Phi) is 4.80. The molecule has 2 rings (SSSR count). The first-order valence-electron chi connectivity index (χ1n) is 7.55. The van der Waals surface area contributed by atoms with Gasteiger partial charge in [-0.3, -0.25) is 0 Å². The van der Waals surface area contributed by atoms with E-state index < -0.39 is 5.54 Å². The quantitative estimate of drug-likeness (QED) is 0.916. The van der Waals surface area contributed by atoms with E-state index in [1.54, 1.807) is 0 Å².